The molecule has 2 aromatic rings. The van der Waals surface area contributed by atoms with Gasteiger partial charge in [-0.1, -0.05) is 51.1 Å². The summed E-state index contributed by atoms with van der Waals surface area (Å²) in [6, 6.07) is 6.83. The Kier molecular flexibility index (Phi) is 4.24. The van der Waals surface area contributed by atoms with Crippen LogP contribution in [-0.4, -0.2) is 45.1 Å². The molecule has 1 aromatic carbocycles. The predicted octanol–water partition coefficient (Wildman–Crippen LogP) is 3.83. The van der Waals surface area contributed by atoms with Gasteiger partial charge in [0, 0.05) is 22.5 Å². The molecule has 0 bridgehead atoms. The Morgan fingerprint density at radius 3 is 2.31 bits per heavy atom. The van der Waals surface area contributed by atoms with E-state index >= 15 is 0 Å². The molecule has 6 heteroatoms. The molecule has 2 amide bonds. The Bertz CT molecular complexity index is 1200. The molecule has 2 saturated heterocycles. The van der Waals surface area contributed by atoms with E-state index in [1.807, 2.05) is 82.9 Å². The maximum atomic E-state index is 13.9. The van der Waals surface area contributed by atoms with Crippen molar-refractivity contribution in [1.82, 2.24) is 9.88 Å². The van der Waals surface area contributed by atoms with E-state index in [0.717, 1.165) is 22.2 Å². The maximum absolute atomic E-state index is 13.9. The number of ketones is 1. The van der Waals surface area contributed by atoms with Gasteiger partial charge in [0.25, 0.3) is 0 Å². The van der Waals surface area contributed by atoms with E-state index in [1.165, 1.54) is 4.90 Å². The van der Waals surface area contributed by atoms with E-state index in [9.17, 15) is 14.4 Å². The SMILES string of the molecule is CC(C)(C)C(=O)C1C2C(=O)N(C(C)(C)C)C(=O)C2C2C=Cc3ccc4cccnc4c3N21. The molecule has 6 nitrogen and oxygen atoms in total. The van der Waals surface area contributed by atoms with Gasteiger partial charge >= 0.3 is 0 Å². The summed E-state index contributed by atoms with van der Waals surface area (Å²) in [5, 5.41) is 0.966. The number of likely N-dealkylation sites (tertiary alicyclic amines) is 1. The van der Waals surface area contributed by atoms with E-state index in [4.69, 9.17) is 0 Å². The molecular weight excluding hydrogens is 402 g/mol. The number of benzene rings is 1. The van der Waals surface area contributed by atoms with Crippen molar-refractivity contribution in [2.24, 2.45) is 17.3 Å². The van der Waals surface area contributed by atoms with Gasteiger partial charge in [0.05, 0.1) is 29.1 Å². The molecule has 1 aromatic heterocycles. The summed E-state index contributed by atoms with van der Waals surface area (Å²) in [4.78, 5) is 49.2. The molecule has 0 radical (unpaired) electrons. The largest absolute Gasteiger partial charge is 0.351 e. The zero-order valence-electron chi connectivity index (χ0n) is 19.4. The summed E-state index contributed by atoms with van der Waals surface area (Å²) in [6.45, 7) is 11.2. The van der Waals surface area contributed by atoms with Crippen LogP contribution in [0.15, 0.2) is 36.5 Å². The number of amides is 2. The Labute approximate surface area is 188 Å². The minimum atomic E-state index is -0.717. The molecule has 2 fully saturated rings. The number of nitrogens with zero attached hydrogens (tertiary/aromatic N) is 3. The smallest absolute Gasteiger partial charge is 0.236 e. The lowest BCUT2D eigenvalue weighted by Crippen LogP contribution is -2.54. The lowest BCUT2D eigenvalue weighted by Gasteiger charge is -2.40. The average molecular weight is 432 g/mol. The fraction of sp³-hybridized carbons (Fsp3) is 0.462. The molecule has 0 aliphatic carbocycles. The first-order chi connectivity index (χ1) is 14.9. The zero-order chi connectivity index (χ0) is 23.2. The molecule has 32 heavy (non-hydrogen) atoms. The Hall–Kier alpha value is -3.02. The van der Waals surface area contributed by atoms with Crippen LogP contribution in [0.2, 0.25) is 0 Å². The van der Waals surface area contributed by atoms with E-state index in [0.29, 0.717) is 0 Å². The molecule has 5 rings (SSSR count). The molecule has 0 saturated carbocycles. The number of rotatable bonds is 1. The quantitative estimate of drug-likeness (QED) is 0.642. The van der Waals surface area contributed by atoms with Crippen LogP contribution in [0.5, 0.6) is 0 Å². The molecule has 3 aliphatic rings. The van der Waals surface area contributed by atoms with Gasteiger partial charge in [0.1, 0.15) is 6.04 Å². The minimum Gasteiger partial charge on any atom is -0.351 e. The number of Topliss-reactive ketones (excluding diaryl/α,β-unsaturated/α-hetero) is 1. The lowest BCUT2D eigenvalue weighted by atomic mass is 9.79. The van der Waals surface area contributed by atoms with E-state index in [2.05, 4.69) is 4.98 Å². The summed E-state index contributed by atoms with van der Waals surface area (Å²) in [5.41, 5.74) is 1.28. The summed E-state index contributed by atoms with van der Waals surface area (Å²) in [7, 11) is 0. The Balaban J connectivity index is 1.76. The van der Waals surface area contributed by atoms with Crippen LogP contribution in [-0.2, 0) is 14.4 Å². The third-order valence-electron chi connectivity index (χ3n) is 6.92. The van der Waals surface area contributed by atoms with Gasteiger partial charge in [0.15, 0.2) is 5.78 Å². The first-order valence-corrected chi connectivity index (χ1v) is 11.2. The molecule has 0 N–H and O–H groups in total. The van der Waals surface area contributed by atoms with Gasteiger partial charge < -0.3 is 4.90 Å². The van der Waals surface area contributed by atoms with Crippen molar-refractivity contribution < 1.29 is 14.4 Å². The number of carbonyl (C=O) groups is 3. The molecule has 4 unspecified atom stereocenters. The van der Waals surface area contributed by atoms with Crippen LogP contribution in [0.1, 0.15) is 47.1 Å². The highest BCUT2D eigenvalue weighted by Gasteiger charge is 2.66. The molecule has 4 atom stereocenters. The number of carbonyl (C=O) groups excluding carboxylic acids is 3. The standard InChI is InChI=1S/C26H29N3O3/c1-25(2,3)22(30)21-18-17(23(31)29(24(18)32)26(4,5)6)16-12-11-15-10-9-14-8-7-13-27-19(14)20(15)28(16)21/h7-13,16-18,21H,1-6H3. The summed E-state index contributed by atoms with van der Waals surface area (Å²) < 4.78 is 0. The molecule has 3 aliphatic heterocycles. The topological polar surface area (TPSA) is 70.6 Å². The number of pyridine rings is 1. The molecule has 4 heterocycles. The van der Waals surface area contributed by atoms with Crippen molar-refractivity contribution in [2.45, 2.75) is 59.2 Å². The number of aromatic nitrogens is 1. The van der Waals surface area contributed by atoms with Crippen LogP contribution in [0, 0.1) is 17.3 Å². The van der Waals surface area contributed by atoms with Crippen LogP contribution in [0.4, 0.5) is 5.69 Å². The van der Waals surface area contributed by atoms with Gasteiger partial charge in [-0.05, 0) is 32.4 Å². The Morgan fingerprint density at radius 2 is 1.66 bits per heavy atom. The molecule has 0 spiro atoms. The lowest BCUT2D eigenvalue weighted by molar-refractivity contribution is -0.146. The van der Waals surface area contributed by atoms with Gasteiger partial charge in [0.2, 0.25) is 11.8 Å². The van der Waals surface area contributed by atoms with E-state index in [-0.39, 0.29) is 23.6 Å². The fourth-order valence-corrected chi connectivity index (χ4v) is 5.58. The van der Waals surface area contributed by atoms with Crippen molar-refractivity contribution in [2.75, 3.05) is 4.90 Å². The van der Waals surface area contributed by atoms with Gasteiger partial charge in [-0.2, -0.15) is 0 Å². The summed E-state index contributed by atoms with van der Waals surface area (Å²) >= 11 is 0. The molecular formula is C26H29N3O3. The number of hydrogen-bond donors (Lipinski definition) is 0. The van der Waals surface area contributed by atoms with E-state index < -0.39 is 28.8 Å². The predicted molar refractivity (Wildman–Crippen MR) is 124 cm³/mol. The number of anilines is 1. The Morgan fingerprint density at radius 1 is 0.969 bits per heavy atom. The normalized spacial score (nSPS) is 27.1. The monoisotopic (exact) mass is 431 g/mol. The highest BCUT2D eigenvalue weighted by Crippen LogP contribution is 2.52. The first-order valence-electron chi connectivity index (χ1n) is 11.2. The van der Waals surface area contributed by atoms with Crippen LogP contribution in [0.3, 0.4) is 0 Å². The minimum absolute atomic E-state index is 0.0268. The highest BCUT2D eigenvalue weighted by molar-refractivity contribution is 6.13. The fourth-order valence-electron chi connectivity index (χ4n) is 5.58. The van der Waals surface area contributed by atoms with Gasteiger partial charge in [-0.15, -0.1) is 0 Å². The second kappa shape index (κ2) is 6.50. The summed E-state index contributed by atoms with van der Waals surface area (Å²) in [6.07, 6.45) is 5.73. The third-order valence-corrected chi connectivity index (χ3v) is 6.92. The molecule has 166 valence electrons. The number of fused-ring (bicyclic) bond motifs is 7. The van der Waals surface area contributed by atoms with Crippen molar-refractivity contribution in [1.29, 1.82) is 0 Å². The van der Waals surface area contributed by atoms with Crippen molar-refractivity contribution in [3.05, 3.63) is 42.1 Å². The van der Waals surface area contributed by atoms with Crippen LogP contribution >= 0.6 is 0 Å². The van der Waals surface area contributed by atoms with E-state index in [1.54, 1.807) is 6.20 Å². The van der Waals surface area contributed by atoms with Crippen LogP contribution < -0.4 is 4.90 Å². The highest BCUT2D eigenvalue weighted by atomic mass is 16.2. The van der Waals surface area contributed by atoms with Crippen molar-refractivity contribution in [3.63, 3.8) is 0 Å². The zero-order valence-corrected chi connectivity index (χ0v) is 19.4. The van der Waals surface area contributed by atoms with Gasteiger partial charge in [-0.3, -0.25) is 24.3 Å². The second-order valence-corrected chi connectivity index (χ2v) is 11.1. The van der Waals surface area contributed by atoms with Gasteiger partial charge in [-0.25, -0.2) is 0 Å². The van der Waals surface area contributed by atoms with Crippen molar-refractivity contribution in [3.8, 4) is 0 Å². The van der Waals surface area contributed by atoms with Crippen LogP contribution in [0.25, 0.3) is 17.0 Å². The first kappa shape index (κ1) is 20.9. The van der Waals surface area contributed by atoms with Crippen molar-refractivity contribution >= 4 is 40.3 Å². The number of hydrogen-bond acceptors (Lipinski definition) is 5. The average Bonchev–Trinajstić information content (AvgIpc) is 3.18. The maximum Gasteiger partial charge on any atom is 0.236 e. The number of imide groups is 1. The summed E-state index contributed by atoms with van der Waals surface area (Å²) in [5.74, 6) is -1.74. The third kappa shape index (κ3) is 2.71. The second-order valence-electron chi connectivity index (χ2n) is 11.1.